The lowest BCUT2D eigenvalue weighted by atomic mass is 9.79. The van der Waals surface area contributed by atoms with E-state index in [-0.39, 0.29) is 5.92 Å². The van der Waals surface area contributed by atoms with Gasteiger partial charge in [-0.2, -0.15) is 0 Å². The fourth-order valence-corrected chi connectivity index (χ4v) is 2.32. The van der Waals surface area contributed by atoms with E-state index in [0.717, 1.165) is 5.56 Å². The Morgan fingerprint density at radius 3 is 2.44 bits per heavy atom. The van der Waals surface area contributed by atoms with Crippen molar-refractivity contribution >= 4 is 28.4 Å². The third-order valence-electron chi connectivity index (χ3n) is 2.90. The maximum Gasteiger partial charge on any atom is 0.246 e. The second kappa shape index (κ2) is 5.67. The van der Waals surface area contributed by atoms with Gasteiger partial charge in [0.05, 0.1) is 0 Å². The maximum atomic E-state index is 11.6. The zero-order chi connectivity index (χ0) is 12.2. The molecule has 0 spiro atoms. The largest absolute Gasteiger partial charge is 0.314 e. The molecule has 0 aliphatic heterocycles. The van der Waals surface area contributed by atoms with Crippen molar-refractivity contribution in [3.05, 3.63) is 35.9 Å². The number of alkyl halides is 1. The van der Waals surface area contributed by atoms with Crippen LogP contribution in [0.15, 0.2) is 30.3 Å². The van der Waals surface area contributed by atoms with Crippen LogP contribution < -0.4 is 5.73 Å². The normalized spacial score (nSPS) is 16.5. The van der Waals surface area contributed by atoms with Gasteiger partial charge in [0.1, 0.15) is 5.54 Å². The van der Waals surface area contributed by atoms with E-state index in [1.807, 2.05) is 37.3 Å². The lowest BCUT2D eigenvalue weighted by molar-refractivity contribution is -0.118. The number of halogens is 2. The molecule has 2 unspecified atom stereocenters. The monoisotopic (exact) mass is 259 g/mol. The summed E-state index contributed by atoms with van der Waals surface area (Å²) < 4.78 is 0. The second-order valence-electron chi connectivity index (χ2n) is 3.89. The van der Waals surface area contributed by atoms with Gasteiger partial charge in [0.25, 0.3) is 0 Å². The van der Waals surface area contributed by atoms with Crippen LogP contribution in [0.2, 0.25) is 0 Å². The van der Waals surface area contributed by atoms with E-state index < -0.39 is 10.8 Å². The highest BCUT2D eigenvalue weighted by Gasteiger charge is 2.39. The minimum absolute atomic E-state index is 0.0996. The number of benzene rings is 1. The molecule has 0 aliphatic carbocycles. The molecule has 0 heterocycles. The van der Waals surface area contributed by atoms with Crippen molar-refractivity contribution in [1.29, 1.82) is 0 Å². The summed E-state index contributed by atoms with van der Waals surface area (Å²) in [5.41, 5.74) is 5.73. The summed E-state index contributed by atoms with van der Waals surface area (Å²) in [7, 11) is 0. The molecule has 1 aromatic rings. The summed E-state index contributed by atoms with van der Waals surface area (Å²) in [6.07, 6.45) is 0.644. The van der Waals surface area contributed by atoms with E-state index in [0.29, 0.717) is 12.3 Å². The minimum atomic E-state index is -1.16. The molecule has 0 saturated carbocycles. The average molecular weight is 260 g/mol. The molecule has 2 N–H and O–H groups in total. The fourth-order valence-electron chi connectivity index (χ4n) is 1.70. The molecular weight excluding hydrogens is 245 g/mol. The van der Waals surface area contributed by atoms with Crippen molar-refractivity contribution < 1.29 is 4.79 Å². The molecule has 0 bridgehead atoms. The van der Waals surface area contributed by atoms with Crippen molar-refractivity contribution in [3.63, 3.8) is 0 Å². The average Bonchev–Trinajstić information content (AvgIpc) is 2.29. The van der Waals surface area contributed by atoms with Gasteiger partial charge in [0.15, 0.2) is 0 Å². The highest BCUT2D eigenvalue weighted by molar-refractivity contribution is 6.65. The molecule has 0 aliphatic rings. The maximum absolute atomic E-state index is 11.6. The van der Waals surface area contributed by atoms with Gasteiger partial charge >= 0.3 is 0 Å². The van der Waals surface area contributed by atoms with Crippen molar-refractivity contribution in [1.82, 2.24) is 0 Å². The molecule has 1 aromatic carbocycles. The third-order valence-corrected chi connectivity index (χ3v) is 3.43. The molecule has 2 nitrogen and oxygen atoms in total. The molecule has 0 fully saturated rings. The quantitative estimate of drug-likeness (QED) is 0.653. The summed E-state index contributed by atoms with van der Waals surface area (Å²) in [6.45, 7) is 1.88. The summed E-state index contributed by atoms with van der Waals surface area (Å²) in [4.78, 5) is 11.6. The van der Waals surface area contributed by atoms with Crippen LogP contribution in [0.5, 0.6) is 0 Å². The number of carbonyl (C=O) groups excluding carboxylic acids is 1. The van der Waals surface area contributed by atoms with Crippen molar-refractivity contribution in [2.24, 2.45) is 11.7 Å². The van der Waals surface area contributed by atoms with Crippen LogP contribution in [0.4, 0.5) is 0 Å². The Labute approximate surface area is 106 Å². The Morgan fingerprint density at radius 2 is 2.00 bits per heavy atom. The van der Waals surface area contributed by atoms with Crippen LogP contribution >= 0.6 is 23.2 Å². The van der Waals surface area contributed by atoms with Crippen molar-refractivity contribution in [3.8, 4) is 0 Å². The van der Waals surface area contributed by atoms with Crippen LogP contribution in [0.3, 0.4) is 0 Å². The van der Waals surface area contributed by atoms with Gasteiger partial charge in [0.2, 0.25) is 5.24 Å². The Bertz CT molecular complexity index is 355. The Balaban J connectivity index is 3.12. The highest BCUT2D eigenvalue weighted by Crippen LogP contribution is 2.31. The summed E-state index contributed by atoms with van der Waals surface area (Å²) >= 11 is 11.3. The number of rotatable bonds is 5. The van der Waals surface area contributed by atoms with Crippen LogP contribution in [0, 0.1) is 5.92 Å². The van der Waals surface area contributed by atoms with Gasteiger partial charge in [-0.25, -0.2) is 0 Å². The van der Waals surface area contributed by atoms with Crippen molar-refractivity contribution in [2.45, 2.75) is 18.9 Å². The summed E-state index contributed by atoms with van der Waals surface area (Å²) in [6, 6.07) is 9.17. The van der Waals surface area contributed by atoms with E-state index >= 15 is 0 Å². The first-order valence-electron chi connectivity index (χ1n) is 5.13. The lowest BCUT2D eigenvalue weighted by Crippen LogP contribution is -2.48. The molecule has 1 rings (SSSR count). The standard InChI is InChI=1S/C12H15Cl2NO/c1-9(7-8-13)12(15,11(14)16)10-5-3-2-4-6-10/h2-6,9H,7-8,15H2,1H3. The van der Waals surface area contributed by atoms with Crippen LogP contribution in [-0.2, 0) is 10.3 Å². The van der Waals surface area contributed by atoms with Crippen molar-refractivity contribution in [2.75, 3.05) is 5.88 Å². The summed E-state index contributed by atoms with van der Waals surface area (Å²) in [5, 5.41) is -0.545. The Kier molecular flexibility index (Phi) is 4.78. The Hall–Kier alpha value is -0.570. The minimum Gasteiger partial charge on any atom is -0.314 e. The fraction of sp³-hybridized carbons (Fsp3) is 0.417. The number of carbonyl (C=O) groups is 1. The molecule has 16 heavy (non-hydrogen) atoms. The lowest BCUT2D eigenvalue weighted by Gasteiger charge is -2.32. The van der Waals surface area contributed by atoms with Gasteiger partial charge in [-0.3, -0.25) is 4.79 Å². The predicted octanol–water partition coefficient (Wildman–Crippen LogP) is 2.87. The van der Waals surface area contributed by atoms with Gasteiger partial charge in [0, 0.05) is 5.88 Å². The molecule has 88 valence electrons. The van der Waals surface area contributed by atoms with E-state index in [1.54, 1.807) is 0 Å². The zero-order valence-corrected chi connectivity index (χ0v) is 10.6. The molecule has 0 radical (unpaired) electrons. The summed E-state index contributed by atoms with van der Waals surface area (Å²) in [5.74, 6) is 0.356. The number of nitrogens with two attached hydrogens (primary N) is 1. The van der Waals surface area contributed by atoms with Gasteiger partial charge in [-0.15, -0.1) is 11.6 Å². The molecular formula is C12H15Cl2NO. The van der Waals surface area contributed by atoms with Crippen LogP contribution in [0.1, 0.15) is 18.9 Å². The van der Waals surface area contributed by atoms with E-state index in [1.165, 1.54) is 0 Å². The SMILES string of the molecule is CC(CCCl)C(N)(C(=O)Cl)c1ccccc1. The topological polar surface area (TPSA) is 43.1 Å². The molecule has 0 amide bonds. The van der Waals surface area contributed by atoms with Crippen LogP contribution in [-0.4, -0.2) is 11.1 Å². The Morgan fingerprint density at radius 1 is 1.44 bits per heavy atom. The van der Waals surface area contributed by atoms with Gasteiger partial charge < -0.3 is 5.73 Å². The van der Waals surface area contributed by atoms with Gasteiger partial charge in [-0.05, 0) is 29.5 Å². The van der Waals surface area contributed by atoms with Gasteiger partial charge in [-0.1, -0.05) is 37.3 Å². The molecule has 4 heteroatoms. The number of hydrogen-bond acceptors (Lipinski definition) is 2. The first-order chi connectivity index (χ1) is 7.53. The number of hydrogen-bond donors (Lipinski definition) is 1. The van der Waals surface area contributed by atoms with E-state index in [4.69, 9.17) is 28.9 Å². The first kappa shape index (κ1) is 13.5. The molecule has 0 saturated heterocycles. The highest BCUT2D eigenvalue weighted by atomic mass is 35.5. The van der Waals surface area contributed by atoms with E-state index in [9.17, 15) is 4.79 Å². The third kappa shape index (κ3) is 2.57. The smallest absolute Gasteiger partial charge is 0.246 e. The second-order valence-corrected chi connectivity index (χ2v) is 4.61. The first-order valence-corrected chi connectivity index (χ1v) is 6.05. The zero-order valence-electron chi connectivity index (χ0n) is 9.12. The molecule has 2 atom stereocenters. The van der Waals surface area contributed by atoms with Crippen LogP contribution in [0.25, 0.3) is 0 Å². The van der Waals surface area contributed by atoms with E-state index in [2.05, 4.69) is 0 Å². The molecule has 0 aromatic heterocycles. The predicted molar refractivity (Wildman–Crippen MR) is 67.7 cm³/mol.